The highest BCUT2D eigenvalue weighted by molar-refractivity contribution is 5.68. The number of carbonyl (C=O) groups is 1. The van der Waals surface area contributed by atoms with E-state index in [1.165, 1.54) is 5.56 Å². The van der Waals surface area contributed by atoms with Crippen LogP contribution in [0.3, 0.4) is 0 Å². The first kappa shape index (κ1) is 24.5. The predicted molar refractivity (Wildman–Crippen MR) is 142 cm³/mol. The highest BCUT2D eigenvalue weighted by Gasteiger charge is 2.23. The van der Waals surface area contributed by atoms with Crippen LogP contribution in [0.4, 0.5) is 0 Å². The molecule has 5 rings (SSSR count). The van der Waals surface area contributed by atoms with Crippen molar-refractivity contribution >= 4 is 5.97 Å². The Kier molecular flexibility index (Phi) is 7.45. The van der Waals surface area contributed by atoms with E-state index in [9.17, 15) is 9.59 Å². The van der Waals surface area contributed by atoms with Crippen LogP contribution in [0.15, 0.2) is 95.8 Å². The van der Waals surface area contributed by atoms with Crippen molar-refractivity contribution in [3.05, 3.63) is 129 Å². The number of aromatic nitrogens is 2. The van der Waals surface area contributed by atoms with Gasteiger partial charge in [0.2, 0.25) is 0 Å². The number of rotatable bonds is 9. The molecule has 6 nitrogen and oxygen atoms in total. The number of benzene rings is 3. The van der Waals surface area contributed by atoms with E-state index < -0.39 is 5.97 Å². The van der Waals surface area contributed by atoms with Crippen molar-refractivity contribution in [1.82, 2.24) is 9.78 Å². The van der Waals surface area contributed by atoms with Gasteiger partial charge < -0.3 is 9.84 Å². The van der Waals surface area contributed by atoms with Gasteiger partial charge in [-0.15, -0.1) is 0 Å². The molecule has 0 radical (unpaired) electrons. The Morgan fingerprint density at radius 3 is 2.32 bits per heavy atom. The lowest BCUT2D eigenvalue weighted by molar-refractivity contribution is -0.139. The van der Waals surface area contributed by atoms with Crippen LogP contribution in [0, 0.1) is 5.92 Å². The van der Waals surface area contributed by atoms with Gasteiger partial charge in [-0.3, -0.25) is 4.79 Å². The maximum atomic E-state index is 12.7. The van der Waals surface area contributed by atoms with Crippen LogP contribution in [0.2, 0.25) is 0 Å². The molecule has 1 N–H and O–H groups in total. The van der Waals surface area contributed by atoms with Crippen molar-refractivity contribution in [3.63, 3.8) is 0 Å². The molecule has 0 amide bonds. The molecule has 0 saturated heterocycles. The van der Waals surface area contributed by atoms with Crippen molar-refractivity contribution in [2.45, 2.75) is 38.1 Å². The second-order valence-electron chi connectivity index (χ2n) is 9.55. The first-order chi connectivity index (χ1) is 18.1. The Morgan fingerprint density at radius 1 is 0.946 bits per heavy atom. The molecule has 0 spiro atoms. The topological polar surface area (TPSA) is 81.4 Å². The fourth-order valence-corrected chi connectivity index (χ4v) is 5.28. The first-order valence-electron chi connectivity index (χ1n) is 12.7. The van der Waals surface area contributed by atoms with E-state index in [-0.39, 0.29) is 18.1 Å². The van der Waals surface area contributed by atoms with Gasteiger partial charge in [0, 0.05) is 12.6 Å². The third-order valence-electron chi connectivity index (χ3n) is 7.09. The molecule has 0 saturated carbocycles. The van der Waals surface area contributed by atoms with Gasteiger partial charge in [-0.1, -0.05) is 72.8 Å². The molecule has 6 heteroatoms. The number of hydrogen-bond acceptors (Lipinski definition) is 4. The molecular weight excluding hydrogens is 464 g/mol. The number of fused-ring (bicyclic) bond motifs is 1. The fourth-order valence-electron chi connectivity index (χ4n) is 5.28. The Bertz CT molecular complexity index is 1380. The first-order valence-corrected chi connectivity index (χ1v) is 12.7. The quantitative estimate of drug-likeness (QED) is 0.351. The fraction of sp³-hybridized carbons (Fsp3) is 0.258. The number of carboxylic acid groups (broad SMARTS) is 1. The van der Waals surface area contributed by atoms with Crippen molar-refractivity contribution in [2.24, 2.45) is 5.92 Å². The molecule has 1 aliphatic carbocycles. The van der Waals surface area contributed by atoms with E-state index in [4.69, 9.17) is 14.9 Å². The van der Waals surface area contributed by atoms with Crippen molar-refractivity contribution in [3.8, 4) is 5.75 Å². The Hall–Kier alpha value is -4.19. The minimum atomic E-state index is -0.978. The van der Waals surface area contributed by atoms with Gasteiger partial charge in [0.15, 0.2) is 6.61 Å². The summed E-state index contributed by atoms with van der Waals surface area (Å²) < 4.78 is 7.11. The molecule has 1 atom stereocenters. The molecule has 3 aromatic carbocycles. The maximum absolute atomic E-state index is 12.7. The summed E-state index contributed by atoms with van der Waals surface area (Å²) >= 11 is 0. The number of aliphatic carboxylic acids is 1. The van der Waals surface area contributed by atoms with E-state index >= 15 is 0 Å². The van der Waals surface area contributed by atoms with Gasteiger partial charge >= 0.3 is 5.97 Å². The molecule has 1 heterocycles. The molecule has 0 fully saturated rings. The Balaban J connectivity index is 1.33. The lowest BCUT2D eigenvalue weighted by Crippen LogP contribution is -2.26. The third-order valence-corrected chi connectivity index (χ3v) is 7.09. The van der Waals surface area contributed by atoms with Crippen LogP contribution < -0.4 is 10.3 Å². The molecule has 37 heavy (non-hydrogen) atoms. The Labute approximate surface area is 216 Å². The summed E-state index contributed by atoms with van der Waals surface area (Å²) in [6.45, 7) is 0.218. The summed E-state index contributed by atoms with van der Waals surface area (Å²) in [6.07, 6.45) is 3.52. The maximum Gasteiger partial charge on any atom is 0.341 e. The zero-order chi connectivity index (χ0) is 25.6. The van der Waals surface area contributed by atoms with Gasteiger partial charge in [-0.05, 0) is 66.0 Å². The molecular formula is C31H30N2O4. The van der Waals surface area contributed by atoms with Crippen LogP contribution in [-0.2, 0) is 24.2 Å². The summed E-state index contributed by atoms with van der Waals surface area (Å²) in [4.78, 5) is 23.7. The summed E-state index contributed by atoms with van der Waals surface area (Å²) in [7, 11) is 0. The molecule has 4 aromatic rings. The van der Waals surface area contributed by atoms with Gasteiger partial charge in [-0.2, -0.15) is 5.10 Å². The van der Waals surface area contributed by atoms with E-state index in [1.54, 1.807) is 10.7 Å². The highest BCUT2D eigenvalue weighted by Crippen LogP contribution is 2.34. The Morgan fingerprint density at radius 2 is 1.65 bits per heavy atom. The van der Waals surface area contributed by atoms with E-state index in [0.717, 1.165) is 48.1 Å². The molecule has 188 valence electrons. The second-order valence-corrected chi connectivity index (χ2v) is 9.55. The number of nitrogens with zero attached hydrogens (tertiary/aromatic N) is 2. The minimum Gasteiger partial charge on any atom is -0.482 e. The monoisotopic (exact) mass is 494 g/mol. The summed E-state index contributed by atoms with van der Waals surface area (Å²) in [5.74, 6) is 0.0451. The van der Waals surface area contributed by atoms with Crippen molar-refractivity contribution in [1.29, 1.82) is 0 Å². The zero-order valence-electron chi connectivity index (χ0n) is 20.6. The molecule has 0 aliphatic heterocycles. The van der Waals surface area contributed by atoms with Gasteiger partial charge in [-0.25, -0.2) is 9.48 Å². The van der Waals surface area contributed by atoms with Crippen LogP contribution in [0.25, 0.3) is 0 Å². The minimum absolute atomic E-state index is 0.0555. The molecule has 1 unspecified atom stereocenters. The van der Waals surface area contributed by atoms with Crippen molar-refractivity contribution in [2.75, 3.05) is 6.61 Å². The lowest BCUT2D eigenvalue weighted by atomic mass is 9.82. The zero-order valence-corrected chi connectivity index (χ0v) is 20.6. The van der Waals surface area contributed by atoms with E-state index in [1.807, 2.05) is 54.6 Å². The van der Waals surface area contributed by atoms with Gasteiger partial charge in [0.25, 0.3) is 5.56 Å². The van der Waals surface area contributed by atoms with E-state index in [0.29, 0.717) is 18.2 Å². The third kappa shape index (κ3) is 5.80. The highest BCUT2D eigenvalue weighted by atomic mass is 16.5. The number of hydrogen-bond donors (Lipinski definition) is 1. The number of carboxylic acids is 1. The van der Waals surface area contributed by atoms with Crippen LogP contribution in [0.5, 0.6) is 5.75 Å². The summed E-state index contributed by atoms with van der Waals surface area (Å²) in [5.41, 5.74) is 5.33. The SMILES string of the molecule is O=C(O)COc1cccc2c1CCC(CCn1nc(C(c3ccccc3)c3ccccc3)ccc1=O)C2. The lowest BCUT2D eigenvalue weighted by Gasteiger charge is -2.26. The van der Waals surface area contributed by atoms with Crippen LogP contribution >= 0.6 is 0 Å². The standard InChI is InChI=1S/C31H30N2O4/c34-29-17-16-27(31(23-8-3-1-4-9-23)24-10-5-2-6-11-24)32-33(29)19-18-22-14-15-26-25(20-22)12-7-13-28(26)37-21-30(35)36/h1-13,16-17,22,31H,14-15,18-21H2,(H,35,36). The van der Waals surface area contributed by atoms with Crippen molar-refractivity contribution < 1.29 is 14.6 Å². The number of aryl methyl sites for hydroxylation is 1. The largest absolute Gasteiger partial charge is 0.482 e. The summed E-state index contributed by atoms with van der Waals surface area (Å²) in [5, 5.41) is 13.8. The van der Waals surface area contributed by atoms with Gasteiger partial charge in [0.1, 0.15) is 5.75 Å². The number of ether oxygens (including phenoxy) is 1. The van der Waals surface area contributed by atoms with Crippen LogP contribution in [0.1, 0.15) is 46.7 Å². The average molecular weight is 495 g/mol. The average Bonchev–Trinajstić information content (AvgIpc) is 2.93. The summed E-state index contributed by atoms with van der Waals surface area (Å²) in [6, 6.07) is 29.8. The second kappa shape index (κ2) is 11.2. The normalized spacial score (nSPS) is 14.8. The molecule has 0 bridgehead atoms. The van der Waals surface area contributed by atoms with E-state index in [2.05, 4.69) is 30.3 Å². The molecule has 1 aromatic heterocycles. The van der Waals surface area contributed by atoms with Gasteiger partial charge in [0.05, 0.1) is 11.6 Å². The smallest absolute Gasteiger partial charge is 0.341 e. The molecule has 1 aliphatic rings. The predicted octanol–water partition coefficient (Wildman–Crippen LogP) is 5.08. The van der Waals surface area contributed by atoms with Crippen LogP contribution in [-0.4, -0.2) is 27.5 Å².